The number of primary amides is 1. The average Bonchev–Trinajstić information content (AvgIpc) is 2.46. The third-order valence-corrected chi connectivity index (χ3v) is 4.01. The summed E-state index contributed by atoms with van der Waals surface area (Å²) in [7, 11) is 0. The molecule has 0 saturated heterocycles. The van der Waals surface area contributed by atoms with Crippen LogP contribution in [0.4, 0.5) is 11.5 Å². The van der Waals surface area contributed by atoms with Gasteiger partial charge in [0.05, 0.1) is 5.75 Å². The molecule has 1 heterocycles. The number of aromatic nitrogens is 2. The van der Waals surface area contributed by atoms with Gasteiger partial charge in [-0.25, -0.2) is 14.2 Å². The van der Waals surface area contributed by atoms with Gasteiger partial charge in [-0.2, -0.15) is 0 Å². The molecule has 2 rings (SSSR count). The number of anilines is 2. The zero-order chi connectivity index (χ0) is 16.1. The van der Waals surface area contributed by atoms with Gasteiger partial charge in [0.2, 0.25) is 0 Å². The van der Waals surface area contributed by atoms with Crippen LogP contribution in [0.3, 0.4) is 0 Å². The van der Waals surface area contributed by atoms with E-state index in [0.29, 0.717) is 22.1 Å². The summed E-state index contributed by atoms with van der Waals surface area (Å²) in [5.74, 6) is -0.299. The molecule has 1 aromatic heterocycles. The van der Waals surface area contributed by atoms with Crippen molar-refractivity contribution in [3.63, 3.8) is 0 Å². The number of hydrogen-bond donors (Lipinski definition) is 3. The van der Waals surface area contributed by atoms with Gasteiger partial charge in [-0.1, -0.05) is 12.1 Å². The molecule has 0 aliphatic carbocycles. The molecule has 9 heteroatoms. The Morgan fingerprint density at radius 3 is 2.86 bits per heavy atom. The molecule has 0 bridgehead atoms. The van der Waals surface area contributed by atoms with Crippen LogP contribution in [0.1, 0.15) is 15.9 Å². The molecule has 0 aliphatic heterocycles. The molecule has 4 N–H and O–H groups in total. The standard InChI is InChI=1S/C13H14N4O3S2/c1-21-13-10(11(14)18)12(15-7-16-13)17-9-4-2-3-8(5-9)6-22(19)20/h2-5,7H,6H2,1H3,(H2,14,18)(H,19,20)(H,15,16,17). The lowest BCUT2D eigenvalue weighted by atomic mass is 10.2. The molecule has 22 heavy (non-hydrogen) atoms. The Kier molecular flexibility index (Phi) is 5.47. The van der Waals surface area contributed by atoms with Gasteiger partial charge in [0.1, 0.15) is 22.7 Å². The molecule has 7 nitrogen and oxygen atoms in total. The highest BCUT2D eigenvalue weighted by Gasteiger charge is 2.16. The number of benzene rings is 1. The molecule has 0 radical (unpaired) electrons. The van der Waals surface area contributed by atoms with Crippen molar-refractivity contribution < 1.29 is 13.6 Å². The maximum atomic E-state index is 11.6. The summed E-state index contributed by atoms with van der Waals surface area (Å²) in [4.78, 5) is 19.7. The van der Waals surface area contributed by atoms with Crippen LogP contribution in [-0.2, 0) is 16.8 Å². The molecule has 116 valence electrons. The van der Waals surface area contributed by atoms with Gasteiger partial charge in [-0.3, -0.25) is 4.79 Å². The number of nitrogens with zero attached hydrogens (tertiary/aromatic N) is 2. The van der Waals surface area contributed by atoms with Crippen LogP contribution in [0.15, 0.2) is 35.6 Å². The first kappa shape index (κ1) is 16.4. The first-order valence-corrected chi connectivity index (χ1v) is 8.63. The molecule has 1 unspecified atom stereocenters. The fraction of sp³-hybridized carbons (Fsp3) is 0.154. The highest BCUT2D eigenvalue weighted by Crippen LogP contribution is 2.25. The van der Waals surface area contributed by atoms with Crippen molar-refractivity contribution in [1.29, 1.82) is 0 Å². The minimum absolute atomic E-state index is 0.0258. The monoisotopic (exact) mass is 338 g/mol. The van der Waals surface area contributed by atoms with Crippen LogP contribution in [-0.4, -0.2) is 30.9 Å². The first-order valence-electron chi connectivity index (χ1n) is 6.13. The van der Waals surface area contributed by atoms with Crippen LogP contribution in [0.25, 0.3) is 0 Å². The summed E-state index contributed by atoms with van der Waals surface area (Å²) >= 11 is -0.624. The second-order valence-corrected chi connectivity index (χ2v) is 5.99. The molecule has 1 aromatic carbocycles. The Bertz CT molecular complexity index is 724. The molecule has 1 atom stereocenters. The molecule has 0 fully saturated rings. The van der Waals surface area contributed by atoms with Crippen molar-refractivity contribution >= 4 is 40.3 Å². The zero-order valence-corrected chi connectivity index (χ0v) is 13.3. The van der Waals surface area contributed by atoms with Crippen LogP contribution < -0.4 is 11.1 Å². The minimum atomic E-state index is -1.92. The van der Waals surface area contributed by atoms with Gasteiger partial charge in [0, 0.05) is 5.69 Å². The van der Waals surface area contributed by atoms with E-state index in [0.717, 1.165) is 0 Å². The number of carbonyl (C=O) groups is 1. The van der Waals surface area contributed by atoms with Gasteiger partial charge >= 0.3 is 0 Å². The third-order valence-electron chi connectivity index (χ3n) is 2.73. The number of carbonyl (C=O) groups excluding carboxylic acids is 1. The van der Waals surface area contributed by atoms with Crippen molar-refractivity contribution in [2.45, 2.75) is 10.8 Å². The zero-order valence-electron chi connectivity index (χ0n) is 11.6. The molecular formula is C13H14N4O3S2. The quantitative estimate of drug-likeness (QED) is 0.417. The van der Waals surface area contributed by atoms with E-state index in [4.69, 9.17) is 10.3 Å². The van der Waals surface area contributed by atoms with E-state index in [1.165, 1.54) is 18.1 Å². The maximum absolute atomic E-state index is 11.6. The van der Waals surface area contributed by atoms with Crippen molar-refractivity contribution in [2.24, 2.45) is 5.73 Å². The lowest BCUT2D eigenvalue weighted by Crippen LogP contribution is -2.16. The van der Waals surface area contributed by atoms with Gasteiger partial charge in [0.25, 0.3) is 5.91 Å². The Hall–Kier alpha value is -1.97. The lowest BCUT2D eigenvalue weighted by molar-refractivity contribution is 0.0997. The second-order valence-electron chi connectivity index (χ2n) is 4.26. The maximum Gasteiger partial charge on any atom is 0.255 e. The summed E-state index contributed by atoms with van der Waals surface area (Å²) < 4.78 is 19.8. The van der Waals surface area contributed by atoms with E-state index in [1.807, 2.05) is 0 Å². The van der Waals surface area contributed by atoms with Crippen LogP contribution >= 0.6 is 11.8 Å². The Balaban J connectivity index is 2.35. The number of amides is 1. The minimum Gasteiger partial charge on any atom is -0.365 e. The van der Waals surface area contributed by atoms with Crippen molar-refractivity contribution in [1.82, 2.24) is 9.97 Å². The Labute approximate surface area is 134 Å². The molecule has 0 saturated carbocycles. The van der Waals surface area contributed by atoms with E-state index in [-0.39, 0.29) is 11.3 Å². The molecular weight excluding hydrogens is 324 g/mol. The fourth-order valence-electron chi connectivity index (χ4n) is 1.86. The van der Waals surface area contributed by atoms with E-state index in [9.17, 15) is 9.00 Å². The number of nitrogens with one attached hydrogen (secondary N) is 1. The van der Waals surface area contributed by atoms with E-state index >= 15 is 0 Å². The largest absolute Gasteiger partial charge is 0.365 e. The van der Waals surface area contributed by atoms with Crippen molar-refractivity contribution in [2.75, 3.05) is 11.6 Å². The van der Waals surface area contributed by atoms with Crippen molar-refractivity contribution in [3.8, 4) is 0 Å². The predicted molar refractivity (Wildman–Crippen MR) is 86.5 cm³/mol. The van der Waals surface area contributed by atoms with E-state index in [1.54, 1.807) is 30.5 Å². The summed E-state index contributed by atoms with van der Waals surface area (Å²) in [6.45, 7) is 0. The third kappa shape index (κ3) is 4.03. The average molecular weight is 338 g/mol. The highest BCUT2D eigenvalue weighted by atomic mass is 32.2. The highest BCUT2D eigenvalue weighted by molar-refractivity contribution is 7.98. The molecule has 2 aromatic rings. The Morgan fingerprint density at radius 2 is 2.23 bits per heavy atom. The summed E-state index contributed by atoms with van der Waals surface area (Å²) in [5, 5.41) is 3.48. The first-order chi connectivity index (χ1) is 10.5. The molecule has 0 spiro atoms. The predicted octanol–water partition coefficient (Wildman–Crippen LogP) is 1.76. The van der Waals surface area contributed by atoms with Crippen LogP contribution in [0.2, 0.25) is 0 Å². The summed E-state index contributed by atoms with van der Waals surface area (Å²) in [6, 6.07) is 6.95. The van der Waals surface area contributed by atoms with Crippen LogP contribution in [0.5, 0.6) is 0 Å². The SMILES string of the molecule is CSc1ncnc(Nc2cccc(CS(=O)O)c2)c1C(N)=O. The van der Waals surface area contributed by atoms with E-state index < -0.39 is 17.0 Å². The number of thioether (sulfide) groups is 1. The number of hydrogen-bond acceptors (Lipinski definition) is 6. The number of rotatable bonds is 6. The lowest BCUT2D eigenvalue weighted by Gasteiger charge is -2.11. The van der Waals surface area contributed by atoms with Crippen LogP contribution in [0, 0.1) is 0 Å². The smallest absolute Gasteiger partial charge is 0.255 e. The van der Waals surface area contributed by atoms with Gasteiger partial charge in [-0.15, -0.1) is 11.8 Å². The van der Waals surface area contributed by atoms with Crippen molar-refractivity contribution in [3.05, 3.63) is 41.7 Å². The van der Waals surface area contributed by atoms with Gasteiger partial charge in [-0.05, 0) is 24.0 Å². The van der Waals surface area contributed by atoms with Gasteiger partial charge < -0.3 is 15.6 Å². The number of nitrogens with two attached hydrogens (primary N) is 1. The summed E-state index contributed by atoms with van der Waals surface area (Å²) in [6.07, 6.45) is 3.13. The normalized spacial score (nSPS) is 11.9. The Morgan fingerprint density at radius 1 is 1.45 bits per heavy atom. The topological polar surface area (TPSA) is 118 Å². The summed E-state index contributed by atoms with van der Waals surface area (Å²) in [5.41, 5.74) is 6.93. The second kappa shape index (κ2) is 7.34. The molecule has 0 aliphatic rings. The van der Waals surface area contributed by atoms with Gasteiger partial charge in [0.15, 0.2) is 11.1 Å². The fourth-order valence-corrected chi connectivity index (χ4v) is 2.88. The molecule has 1 amide bonds. The van der Waals surface area contributed by atoms with E-state index in [2.05, 4.69) is 15.3 Å².